The van der Waals surface area contributed by atoms with Crippen molar-refractivity contribution in [3.63, 3.8) is 0 Å². The number of amides is 1. The highest BCUT2D eigenvalue weighted by Gasteiger charge is 2.26. The molecule has 0 saturated heterocycles. The van der Waals surface area contributed by atoms with E-state index in [0.29, 0.717) is 12.1 Å². The lowest BCUT2D eigenvalue weighted by Gasteiger charge is -2.23. The number of aryl methyl sites for hydroxylation is 1. The predicted octanol–water partition coefficient (Wildman–Crippen LogP) is 1.36. The number of hydroxylamine groups is 1. The SMILES string of the molecule is C#CCN(C)C1CCc2ccc(C(=O)NO)cc21. The molecule has 1 atom stereocenters. The summed E-state index contributed by atoms with van der Waals surface area (Å²) < 4.78 is 0. The van der Waals surface area contributed by atoms with Crippen LogP contribution in [0.3, 0.4) is 0 Å². The molecule has 94 valence electrons. The van der Waals surface area contributed by atoms with E-state index >= 15 is 0 Å². The Bertz CT molecular complexity index is 505. The van der Waals surface area contributed by atoms with Crippen molar-refractivity contribution in [2.24, 2.45) is 0 Å². The van der Waals surface area contributed by atoms with Gasteiger partial charge in [-0.25, -0.2) is 5.48 Å². The van der Waals surface area contributed by atoms with Gasteiger partial charge in [-0.05, 0) is 43.1 Å². The third-order valence-corrected chi connectivity index (χ3v) is 3.43. The normalized spacial score (nSPS) is 17.3. The van der Waals surface area contributed by atoms with Crippen molar-refractivity contribution < 1.29 is 10.0 Å². The summed E-state index contributed by atoms with van der Waals surface area (Å²) in [6.45, 7) is 0.584. The van der Waals surface area contributed by atoms with Crippen LogP contribution in [-0.4, -0.2) is 29.6 Å². The molecule has 0 aliphatic heterocycles. The summed E-state index contributed by atoms with van der Waals surface area (Å²) in [7, 11) is 1.98. The molecule has 1 aromatic rings. The Labute approximate surface area is 107 Å². The van der Waals surface area contributed by atoms with Gasteiger partial charge >= 0.3 is 0 Å². The molecule has 0 saturated carbocycles. The second-order valence-electron chi connectivity index (χ2n) is 4.53. The standard InChI is InChI=1S/C14H16N2O2/c1-3-8-16(2)13-7-6-10-4-5-11(9-12(10)13)14(17)15-18/h1,4-5,9,13,18H,6-8H2,2H3,(H,15,17). The van der Waals surface area contributed by atoms with Gasteiger partial charge in [-0.3, -0.25) is 14.9 Å². The molecule has 0 spiro atoms. The molecule has 1 aliphatic carbocycles. The third-order valence-electron chi connectivity index (χ3n) is 3.43. The molecule has 1 aromatic carbocycles. The minimum Gasteiger partial charge on any atom is -0.288 e. The monoisotopic (exact) mass is 244 g/mol. The molecule has 4 heteroatoms. The number of nitrogens with one attached hydrogen (secondary N) is 1. The van der Waals surface area contributed by atoms with Gasteiger partial charge in [-0.2, -0.15) is 0 Å². The fourth-order valence-electron chi connectivity index (χ4n) is 2.50. The molecule has 18 heavy (non-hydrogen) atoms. The van der Waals surface area contributed by atoms with Crippen LogP contribution in [0, 0.1) is 12.3 Å². The Kier molecular flexibility index (Phi) is 3.66. The van der Waals surface area contributed by atoms with Gasteiger partial charge in [0.1, 0.15) is 0 Å². The molecule has 1 amide bonds. The summed E-state index contributed by atoms with van der Waals surface area (Å²) in [5.74, 6) is 2.15. The highest BCUT2D eigenvalue weighted by atomic mass is 16.5. The number of rotatable bonds is 3. The number of hydrogen-bond acceptors (Lipinski definition) is 3. The fourth-order valence-corrected chi connectivity index (χ4v) is 2.50. The second kappa shape index (κ2) is 5.21. The molecule has 2 rings (SSSR count). The summed E-state index contributed by atoms with van der Waals surface area (Å²) in [6.07, 6.45) is 7.34. The maximum atomic E-state index is 11.4. The van der Waals surface area contributed by atoms with Crippen molar-refractivity contribution in [2.75, 3.05) is 13.6 Å². The first kappa shape index (κ1) is 12.6. The first-order valence-corrected chi connectivity index (χ1v) is 5.88. The van der Waals surface area contributed by atoms with E-state index in [1.54, 1.807) is 11.5 Å². The number of nitrogens with zero attached hydrogens (tertiary/aromatic N) is 1. The predicted molar refractivity (Wildman–Crippen MR) is 68.2 cm³/mol. The van der Waals surface area contributed by atoms with Gasteiger partial charge in [0, 0.05) is 11.6 Å². The molecule has 0 bridgehead atoms. The average Bonchev–Trinajstić information content (AvgIpc) is 2.80. The van der Waals surface area contributed by atoms with E-state index in [1.165, 1.54) is 5.56 Å². The van der Waals surface area contributed by atoms with Gasteiger partial charge in [0.2, 0.25) is 0 Å². The maximum absolute atomic E-state index is 11.4. The van der Waals surface area contributed by atoms with Crippen molar-refractivity contribution in [2.45, 2.75) is 18.9 Å². The van der Waals surface area contributed by atoms with Gasteiger partial charge in [0.25, 0.3) is 5.91 Å². The third kappa shape index (κ3) is 2.23. The number of carbonyl (C=O) groups excluding carboxylic acids is 1. The van der Waals surface area contributed by atoms with Crippen molar-refractivity contribution in [3.05, 3.63) is 34.9 Å². The lowest BCUT2D eigenvalue weighted by atomic mass is 10.0. The Hall–Kier alpha value is -1.83. The van der Waals surface area contributed by atoms with Crippen molar-refractivity contribution in [1.82, 2.24) is 10.4 Å². The van der Waals surface area contributed by atoms with E-state index in [-0.39, 0.29) is 6.04 Å². The van der Waals surface area contributed by atoms with Gasteiger partial charge < -0.3 is 0 Å². The summed E-state index contributed by atoms with van der Waals surface area (Å²) in [6, 6.07) is 5.77. The molecule has 4 nitrogen and oxygen atoms in total. The topological polar surface area (TPSA) is 52.6 Å². The molecule has 1 unspecified atom stereocenters. The molecular weight excluding hydrogens is 228 g/mol. The maximum Gasteiger partial charge on any atom is 0.274 e. The van der Waals surface area contributed by atoms with Crippen molar-refractivity contribution in [3.8, 4) is 12.3 Å². The number of carbonyl (C=O) groups is 1. The smallest absolute Gasteiger partial charge is 0.274 e. The Balaban J connectivity index is 2.31. The summed E-state index contributed by atoms with van der Waals surface area (Å²) >= 11 is 0. The first-order valence-electron chi connectivity index (χ1n) is 5.88. The minimum absolute atomic E-state index is 0.252. The van der Waals surface area contributed by atoms with Gasteiger partial charge in [0.05, 0.1) is 6.54 Å². The van der Waals surface area contributed by atoms with Gasteiger partial charge in [0.15, 0.2) is 0 Å². The minimum atomic E-state index is -0.483. The van der Waals surface area contributed by atoms with Crippen LogP contribution in [0.1, 0.15) is 33.9 Å². The second-order valence-corrected chi connectivity index (χ2v) is 4.53. The Morgan fingerprint density at radius 1 is 1.67 bits per heavy atom. The largest absolute Gasteiger partial charge is 0.288 e. The molecule has 0 fully saturated rings. The quantitative estimate of drug-likeness (QED) is 0.479. The lowest BCUT2D eigenvalue weighted by Crippen LogP contribution is -2.24. The van der Waals surface area contributed by atoms with Crippen LogP contribution < -0.4 is 5.48 Å². The van der Waals surface area contributed by atoms with Crippen LogP contribution in [-0.2, 0) is 6.42 Å². The molecule has 1 aliphatic rings. The summed E-state index contributed by atoms with van der Waals surface area (Å²) in [4.78, 5) is 13.5. The van der Waals surface area contributed by atoms with Crippen molar-refractivity contribution in [1.29, 1.82) is 0 Å². The Morgan fingerprint density at radius 2 is 2.44 bits per heavy atom. The Morgan fingerprint density at radius 3 is 3.11 bits per heavy atom. The van der Waals surface area contributed by atoms with Gasteiger partial charge in [-0.1, -0.05) is 12.0 Å². The van der Waals surface area contributed by atoms with E-state index in [1.807, 2.05) is 19.2 Å². The molecular formula is C14H16N2O2. The van der Waals surface area contributed by atoms with Crippen LogP contribution in [0.5, 0.6) is 0 Å². The number of fused-ring (bicyclic) bond motifs is 1. The van der Waals surface area contributed by atoms with Gasteiger partial charge in [-0.15, -0.1) is 6.42 Å². The average molecular weight is 244 g/mol. The molecule has 0 aromatic heterocycles. The van der Waals surface area contributed by atoms with E-state index < -0.39 is 5.91 Å². The van der Waals surface area contributed by atoms with Crippen LogP contribution in [0.15, 0.2) is 18.2 Å². The van der Waals surface area contributed by atoms with E-state index in [0.717, 1.165) is 18.4 Å². The first-order chi connectivity index (χ1) is 8.67. The van der Waals surface area contributed by atoms with E-state index in [4.69, 9.17) is 11.6 Å². The van der Waals surface area contributed by atoms with Crippen LogP contribution in [0.4, 0.5) is 0 Å². The zero-order chi connectivity index (χ0) is 13.1. The van der Waals surface area contributed by atoms with E-state index in [2.05, 4.69) is 10.8 Å². The van der Waals surface area contributed by atoms with Crippen LogP contribution in [0.25, 0.3) is 0 Å². The molecule has 0 heterocycles. The van der Waals surface area contributed by atoms with Crippen LogP contribution in [0.2, 0.25) is 0 Å². The number of hydrogen-bond donors (Lipinski definition) is 2. The number of benzene rings is 1. The lowest BCUT2D eigenvalue weighted by molar-refractivity contribution is 0.0706. The van der Waals surface area contributed by atoms with Crippen LogP contribution >= 0.6 is 0 Å². The number of terminal acetylenes is 1. The summed E-state index contributed by atoms with van der Waals surface area (Å²) in [5.41, 5.74) is 4.51. The molecule has 0 radical (unpaired) electrons. The highest BCUT2D eigenvalue weighted by molar-refractivity contribution is 5.93. The fraction of sp³-hybridized carbons (Fsp3) is 0.357. The zero-order valence-corrected chi connectivity index (χ0v) is 10.3. The molecule has 2 N–H and O–H groups in total. The van der Waals surface area contributed by atoms with Crippen molar-refractivity contribution >= 4 is 5.91 Å². The highest BCUT2D eigenvalue weighted by Crippen LogP contribution is 2.35. The zero-order valence-electron chi connectivity index (χ0n) is 10.3. The summed E-state index contributed by atoms with van der Waals surface area (Å²) in [5, 5.41) is 8.66. The van der Waals surface area contributed by atoms with E-state index in [9.17, 15) is 4.79 Å².